The van der Waals surface area contributed by atoms with Gasteiger partial charge in [-0.05, 0) is 52.2 Å². The highest BCUT2D eigenvalue weighted by Gasteiger charge is 2.55. The van der Waals surface area contributed by atoms with Gasteiger partial charge in [0.2, 0.25) is 0 Å². The lowest BCUT2D eigenvalue weighted by Crippen LogP contribution is -2.58. The number of esters is 1. The Morgan fingerprint density at radius 2 is 1.72 bits per heavy atom. The van der Waals surface area contributed by atoms with Crippen molar-refractivity contribution < 1.29 is 33.3 Å². The van der Waals surface area contributed by atoms with E-state index in [0.29, 0.717) is 10.6 Å². The van der Waals surface area contributed by atoms with E-state index in [-0.39, 0.29) is 6.61 Å². The van der Waals surface area contributed by atoms with Crippen LogP contribution in [0.25, 0.3) is 0 Å². The number of fused-ring (bicyclic) bond motifs is 1. The average molecular weight is 523 g/mol. The van der Waals surface area contributed by atoms with Gasteiger partial charge in [-0.1, -0.05) is 51.2 Å². The van der Waals surface area contributed by atoms with E-state index in [1.165, 1.54) is 0 Å². The smallest absolute Gasteiger partial charge is 0.408 e. The number of hydrogen-bond donors (Lipinski definition) is 2. The quantitative estimate of drug-likeness (QED) is 0.425. The van der Waals surface area contributed by atoms with Crippen LogP contribution in [-0.2, 0) is 23.7 Å². The normalized spacial score (nSPS) is 26.0. The van der Waals surface area contributed by atoms with Crippen LogP contribution in [0.3, 0.4) is 0 Å². The van der Waals surface area contributed by atoms with Crippen LogP contribution in [0.4, 0.5) is 4.79 Å². The van der Waals surface area contributed by atoms with Crippen molar-refractivity contribution in [3.05, 3.63) is 35.9 Å². The van der Waals surface area contributed by atoms with Gasteiger partial charge >= 0.3 is 12.1 Å². The molecular weight excluding hydrogens is 484 g/mol. The van der Waals surface area contributed by atoms with Crippen molar-refractivity contribution in [3.8, 4) is 0 Å². The monoisotopic (exact) mass is 522 g/mol. The zero-order chi connectivity index (χ0) is 26.9. The fourth-order valence-corrected chi connectivity index (χ4v) is 4.60. The number of rotatable bonds is 6. The molecule has 0 spiro atoms. The first-order valence-corrected chi connectivity index (χ1v) is 12.5. The van der Waals surface area contributed by atoms with E-state index in [2.05, 4.69) is 10.6 Å². The third-order valence-electron chi connectivity index (χ3n) is 5.64. The Morgan fingerprint density at radius 3 is 2.31 bits per heavy atom. The molecule has 1 aromatic carbocycles. The number of carbonyl (C=O) groups is 2. The fraction of sp³-hybridized carbons (Fsp3) is 0.654. The largest absolute Gasteiger partial charge is 0.459 e. The summed E-state index contributed by atoms with van der Waals surface area (Å²) in [6.07, 6.45) is -2.32. The number of hydrogen-bond acceptors (Lipinski definition) is 8. The third-order valence-corrected chi connectivity index (χ3v) is 5.99. The molecule has 2 aliphatic rings. The Morgan fingerprint density at radius 1 is 1.08 bits per heavy atom. The van der Waals surface area contributed by atoms with Gasteiger partial charge in [0.1, 0.15) is 24.4 Å². The number of amides is 1. The van der Waals surface area contributed by atoms with Gasteiger partial charge in [-0.2, -0.15) is 0 Å². The van der Waals surface area contributed by atoms with Crippen LogP contribution < -0.4 is 10.6 Å². The van der Waals surface area contributed by atoms with Crippen LogP contribution in [-0.4, -0.2) is 65.6 Å². The second kappa shape index (κ2) is 10.6. The maximum Gasteiger partial charge on any atom is 0.408 e. The minimum absolute atomic E-state index is 0.0339. The Labute approximate surface area is 218 Å². The summed E-state index contributed by atoms with van der Waals surface area (Å²) >= 11 is 5.76. The molecule has 2 saturated heterocycles. The van der Waals surface area contributed by atoms with Crippen LogP contribution in [0.5, 0.6) is 0 Å². The van der Waals surface area contributed by atoms with Crippen LogP contribution in [0, 0.1) is 5.41 Å². The van der Waals surface area contributed by atoms with Gasteiger partial charge in [-0.15, -0.1) is 0 Å². The first-order chi connectivity index (χ1) is 16.6. The molecule has 0 aliphatic carbocycles. The molecule has 2 fully saturated rings. The SMILES string of the molecule is CC(C)(C)OC(=O)N[C@H](C(=S)N[C@@H]1[C@H]2OC(C)(C)O[C@H]2O[C@@H]1COC(=O)c1ccccc1)C(C)(C)C. The topological polar surface area (TPSA) is 104 Å². The van der Waals surface area contributed by atoms with E-state index in [4.69, 9.17) is 35.9 Å². The minimum Gasteiger partial charge on any atom is -0.459 e. The molecule has 2 N–H and O–H groups in total. The van der Waals surface area contributed by atoms with Gasteiger partial charge in [-0.25, -0.2) is 9.59 Å². The van der Waals surface area contributed by atoms with E-state index in [1.807, 2.05) is 26.8 Å². The second-order valence-electron chi connectivity index (χ2n) is 11.6. The number of thiocarbonyl (C=S) groups is 1. The molecule has 5 atom stereocenters. The molecule has 2 heterocycles. The predicted molar refractivity (Wildman–Crippen MR) is 138 cm³/mol. The van der Waals surface area contributed by atoms with Crippen LogP contribution in [0.15, 0.2) is 30.3 Å². The summed E-state index contributed by atoms with van der Waals surface area (Å²) in [6.45, 7) is 14.9. The molecule has 1 amide bonds. The van der Waals surface area contributed by atoms with E-state index in [0.717, 1.165) is 0 Å². The van der Waals surface area contributed by atoms with Gasteiger partial charge in [0.05, 0.1) is 22.6 Å². The molecule has 0 saturated carbocycles. The summed E-state index contributed by atoms with van der Waals surface area (Å²) in [4.78, 5) is 25.4. The lowest BCUT2D eigenvalue weighted by atomic mass is 9.86. The maximum atomic E-state index is 12.6. The van der Waals surface area contributed by atoms with Gasteiger partial charge in [0, 0.05) is 0 Å². The van der Waals surface area contributed by atoms with Crippen molar-refractivity contribution >= 4 is 29.3 Å². The summed E-state index contributed by atoms with van der Waals surface area (Å²) in [7, 11) is 0. The Balaban J connectivity index is 1.74. The maximum absolute atomic E-state index is 12.6. The summed E-state index contributed by atoms with van der Waals surface area (Å²) in [5, 5.41) is 6.20. The first kappa shape index (κ1) is 28.3. The van der Waals surface area contributed by atoms with Crippen molar-refractivity contribution in [2.24, 2.45) is 5.41 Å². The molecule has 2 aliphatic heterocycles. The second-order valence-corrected chi connectivity index (χ2v) is 12.0. The van der Waals surface area contributed by atoms with E-state index in [9.17, 15) is 9.59 Å². The number of nitrogens with one attached hydrogen (secondary N) is 2. The van der Waals surface area contributed by atoms with E-state index >= 15 is 0 Å². The molecule has 36 heavy (non-hydrogen) atoms. The molecular formula is C26H38N2O7S. The van der Waals surface area contributed by atoms with E-state index < -0.39 is 59.4 Å². The molecule has 200 valence electrons. The average Bonchev–Trinajstić information content (AvgIpc) is 3.20. The molecule has 0 bridgehead atoms. The Bertz CT molecular complexity index is 955. The van der Waals surface area contributed by atoms with Crippen LogP contribution in [0.2, 0.25) is 0 Å². The molecule has 0 radical (unpaired) electrons. The molecule has 10 heteroatoms. The highest BCUT2D eigenvalue weighted by atomic mass is 32.1. The van der Waals surface area contributed by atoms with Crippen molar-refractivity contribution in [1.82, 2.24) is 10.6 Å². The summed E-state index contributed by atoms with van der Waals surface area (Å²) < 4.78 is 29.1. The van der Waals surface area contributed by atoms with Crippen molar-refractivity contribution in [3.63, 3.8) is 0 Å². The van der Waals surface area contributed by atoms with Crippen molar-refractivity contribution in [1.29, 1.82) is 0 Å². The number of ether oxygens (including phenoxy) is 5. The predicted octanol–water partition coefficient (Wildman–Crippen LogP) is 3.94. The molecule has 0 unspecified atom stereocenters. The van der Waals surface area contributed by atoms with E-state index in [1.54, 1.807) is 58.9 Å². The van der Waals surface area contributed by atoms with Crippen LogP contribution in [0.1, 0.15) is 65.7 Å². The Hall–Kier alpha value is -2.27. The number of benzene rings is 1. The van der Waals surface area contributed by atoms with Crippen molar-refractivity contribution in [2.45, 2.75) is 97.4 Å². The fourth-order valence-electron chi connectivity index (χ4n) is 4.06. The van der Waals surface area contributed by atoms with Gasteiger partial charge in [-0.3, -0.25) is 0 Å². The van der Waals surface area contributed by atoms with Gasteiger partial charge in [0.25, 0.3) is 0 Å². The number of carbonyl (C=O) groups excluding carboxylic acids is 2. The zero-order valence-corrected chi connectivity index (χ0v) is 23.1. The standard InChI is InChI=1S/C26H38N2O7S/c1-24(2,3)19(28-23(30)35-25(4,5)6)20(36)27-17-16(32-22-18(17)33-26(7,8)34-22)14-31-21(29)15-12-10-9-11-13-15/h9-13,16-19,22H,14H2,1-8H3,(H,27,36)(H,28,30)/t16-,17+,18-,19-,22-/m1/s1. The lowest BCUT2D eigenvalue weighted by Gasteiger charge is -2.35. The van der Waals surface area contributed by atoms with Gasteiger partial charge < -0.3 is 34.3 Å². The molecule has 0 aromatic heterocycles. The molecule has 1 aromatic rings. The Kier molecular flexibility index (Phi) is 8.34. The van der Waals surface area contributed by atoms with Crippen molar-refractivity contribution in [2.75, 3.05) is 6.61 Å². The summed E-state index contributed by atoms with van der Waals surface area (Å²) in [6, 6.07) is 7.69. The minimum atomic E-state index is -0.846. The van der Waals surface area contributed by atoms with Gasteiger partial charge in [0.15, 0.2) is 12.1 Å². The zero-order valence-electron chi connectivity index (χ0n) is 22.2. The molecule has 3 rings (SSSR count). The highest BCUT2D eigenvalue weighted by molar-refractivity contribution is 7.80. The molecule has 9 nitrogen and oxygen atoms in total. The third kappa shape index (κ3) is 7.38. The lowest BCUT2D eigenvalue weighted by molar-refractivity contribution is -0.210. The highest BCUT2D eigenvalue weighted by Crippen LogP contribution is 2.38. The number of alkyl carbamates (subject to hydrolysis) is 1. The van der Waals surface area contributed by atoms with Crippen LogP contribution >= 0.6 is 12.2 Å². The summed E-state index contributed by atoms with van der Waals surface area (Å²) in [5.41, 5.74) is -0.636. The summed E-state index contributed by atoms with van der Waals surface area (Å²) in [5.74, 6) is -1.31. The first-order valence-electron chi connectivity index (χ1n) is 12.1.